The molecule has 0 saturated carbocycles. The lowest BCUT2D eigenvalue weighted by Gasteiger charge is -2.17. The predicted molar refractivity (Wildman–Crippen MR) is 28.7 cm³/mol. The van der Waals surface area contributed by atoms with E-state index in [1.807, 2.05) is 0 Å². The highest BCUT2D eigenvalue weighted by molar-refractivity contribution is 4.63. The van der Waals surface area contributed by atoms with Crippen LogP contribution in [0.25, 0.3) is 0 Å². The van der Waals surface area contributed by atoms with Crippen molar-refractivity contribution >= 4 is 0 Å². The lowest BCUT2D eigenvalue weighted by Crippen LogP contribution is -2.34. The number of hydrogen-bond donors (Lipinski definition) is 1. The summed E-state index contributed by atoms with van der Waals surface area (Å²) >= 11 is 0. The van der Waals surface area contributed by atoms with Crippen LogP contribution in [0.1, 0.15) is 19.3 Å². The Labute approximate surface area is 44.1 Å². The maximum absolute atomic E-state index is 7.16. The van der Waals surface area contributed by atoms with Crippen LogP contribution in [0, 0.1) is 0 Å². The Morgan fingerprint density at radius 2 is 2.29 bits per heavy atom. The number of piperidine rings is 1. The van der Waals surface area contributed by atoms with E-state index in [1.54, 1.807) is 0 Å². The van der Waals surface area contributed by atoms with Crippen LogP contribution >= 0.6 is 0 Å². The van der Waals surface area contributed by atoms with Crippen LogP contribution in [0.15, 0.2) is 0 Å². The van der Waals surface area contributed by atoms with Crippen LogP contribution in [0.2, 0.25) is 0 Å². The monoisotopic (exact) mass is 99.1 g/mol. The molecule has 1 atom stereocenters. The Bertz CT molecular complexity index is 48.0. The molecule has 0 spiro atoms. The molecule has 1 rings (SSSR count). The van der Waals surface area contributed by atoms with Crippen LogP contribution in [-0.4, -0.2) is 12.7 Å². The van der Waals surface area contributed by atoms with Crippen molar-refractivity contribution in [3.63, 3.8) is 0 Å². The summed E-state index contributed by atoms with van der Waals surface area (Å²) in [7, 11) is 0. The van der Waals surface area contributed by atoms with Crippen LogP contribution in [0.3, 0.4) is 0 Å². The molecule has 1 saturated heterocycles. The summed E-state index contributed by atoms with van der Waals surface area (Å²) in [5.41, 5.74) is 7.16. The fourth-order valence-corrected chi connectivity index (χ4v) is 0.852. The summed E-state index contributed by atoms with van der Waals surface area (Å²) in [6.45, 7) is 1.05. The molecule has 1 fully saturated rings. The third-order valence-electron chi connectivity index (χ3n) is 1.31. The number of nitrogens with one attached hydrogen (secondary N) is 2. The molecule has 0 aliphatic carbocycles. The largest absolute Gasteiger partial charge is 0.301 e. The van der Waals surface area contributed by atoms with Gasteiger partial charge in [0.2, 0.25) is 0 Å². The molecule has 7 heavy (non-hydrogen) atoms. The summed E-state index contributed by atoms with van der Waals surface area (Å²) in [6, 6.07) is 0. The number of rotatable bonds is 0. The fraction of sp³-hybridized carbons (Fsp3) is 1.00. The Morgan fingerprint density at radius 3 is 2.57 bits per heavy atom. The highest BCUT2D eigenvalue weighted by atomic mass is 15.0. The van der Waals surface area contributed by atoms with E-state index in [4.69, 9.17) is 5.73 Å². The molecule has 0 aromatic rings. The van der Waals surface area contributed by atoms with Crippen molar-refractivity contribution in [3.05, 3.63) is 0 Å². The van der Waals surface area contributed by atoms with E-state index in [2.05, 4.69) is 5.32 Å². The first-order valence-electron chi connectivity index (χ1n) is 2.84. The smallest absolute Gasteiger partial charge is 0.0704 e. The summed E-state index contributed by atoms with van der Waals surface area (Å²) < 4.78 is 0. The molecule has 0 aromatic carbocycles. The Balaban J connectivity index is 2.12. The van der Waals surface area contributed by atoms with Crippen LogP contribution in [0.5, 0.6) is 0 Å². The van der Waals surface area contributed by atoms with Gasteiger partial charge in [-0.2, -0.15) is 0 Å². The Morgan fingerprint density at radius 1 is 1.43 bits per heavy atom. The molecule has 2 nitrogen and oxygen atoms in total. The van der Waals surface area contributed by atoms with Gasteiger partial charge in [0.05, 0.1) is 6.17 Å². The molecule has 0 bridgehead atoms. The van der Waals surface area contributed by atoms with E-state index in [0.29, 0.717) is 0 Å². The normalized spacial score (nSPS) is 33.0. The molecule has 1 unspecified atom stereocenters. The Hall–Kier alpha value is -0.0800. The molecule has 1 aliphatic rings. The van der Waals surface area contributed by atoms with Gasteiger partial charge in [0.1, 0.15) is 0 Å². The second-order valence-corrected chi connectivity index (χ2v) is 2.00. The topological polar surface area (TPSA) is 35.8 Å². The molecule has 1 heterocycles. The quantitative estimate of drug-likeness (QED) is 0.468. The third-order valence-corrected chi connectivity index (χ3v) is 1.31. The third kappa shape index (κ3) is 1.45. The first kappa shape index (κ1) is 5.06. The van der Waals surface area contributed by atoms with Crippen LogP contribution in [-0.2, 0) is 0 Å². The molecule has 2 N–H and O–H groups in total. The molecule has 0 amide bonds. The SMILES string of the molecule is [NH]C1CCCCN1. The molecule has 0 aromatic heterocycles. The van der Waals surface area contributed by atoms with Gasteiger partial charge < -0.3 is 5.32 Å². The molecule has 1 aliphatic heterocycles. The van der Waals surface area contributed by atoms with Crippen molar-refractivity contribution in [1.29, 1.82) is 0 Å². The lowest BCUT2D eigenvalue weighted by atomic mass is 10.1. The van der Waals surface area contributed by atoms with Crippen molar-refractivity contribution < 1.29 is 0 Å². The van der Waals surface area contributed by atoms with E-state index in [9.17, 15) is 0 Å². The molecule has 41 valence electrons. The standard InChI is InChI=1S/C5H11N2/c6-5-3-1-2-4-7-5/h5-7H,1-4H2. The Kier molecular flexibility index (Phi) is 1.65. The van der Waals surface area contributed by atoms with Gasteiger partial charge in [-0.1, -0.05) is 0 Å². The van der Waals surface area contributed by atoms with Gasteiger partial charge >= 0.3 is 0 Å². The van der Waals surface area contributed by atoms with Gasteiger partial charge in [-0.15, -0.1) is 0 Å². The van der Waals surface area contributed by atoms with Crippen molar-refractivity contribution in [2.45, 2.75) is 25.4 Å². The van der Waals surface area contributed by atoms with Crippen molar-refractivity contribution in [1.82, 2.24) is 11.1 Å². The van der Waals surface area contributed by atoms with Gasteiger partial charge in [0, 0.05) is 0 Å². The average molecular weight is 99.2 g/mol. The van der Waals surface area contributed by atoms with E-state index in [1.165, 1.54) is 12.8 Å². The average Bonchev–Trinajstić information content (AvgIpc) is 1.69. The van der Waals surface area contributed by atoms with Crippen molar-refractivity contribution in [2.24, 2.45) is 0 Å². The van der Waals surface area contributed by atoms with Crippen molar-refractivity contribution in [2.75, 3.05) is 6.54 Å². The maximum atomic E-state index is 7.16. The minimum atomic E-state index is 0.0359. The number of hydrogen-bond acceptors (Lipinski definition) is 1. The predicted octanol–water partition coefficient (Wildman–Crippen LogP) is 0.369. The molecular formula is C5H11N2. The van der Waals surface area contributed by atoms with E-state index in [0.717, 1.165) is 13.0 Å². The molecule has 2 heteroatoms. The van der Waals surface area contributed by atoms with E-state index < -0.39 is 0 Å². The second-order valence-electron chi connectivity index (χ2n) is 2.00. The first-order chi connectivity index (χ1) is 3.39. The fourth-order valence-electron chi connectivity index (χ4n) is 0.852. The van der Waals surface area contributed by atoms with Crippen LogP contribution in [0.4, 0.5) is 0 Å². The second kappa shape index (κ2) is 2.28. The van der Waals surface area contributed by atoms with Gasteiger partial charge in [0.15, 0.2) is 0 Å². The van der Waals surface area contributed by atoms with Gasteiger partial charge in [-0.05, 0) is 25.8 Å². The first-order valence-corrected chi connectivity index (χ1v) is 2.84. The minimum Gasteiger partial charge on any atom is -0.301 e. The van der Waals surface area contributed by atoms with Crippen LogP contribution < -0.4 is 11.1 Å². The zero-order valence-corrected chi connectivity index (χ0v) is 4.41. The molecule has 1 radical (unpaired) electrons. The zero-order chi connectivity index (χ0) is 5.11. The van der Waals surface area contributed by atoms with E-state index >= 15 is 0 Å². The molecular weight excluding hydrogens is 88.1 g/mol. The zero-order valence-electron chi connectivity index (χ0n) is 4.41. The maximum Gasteiger partial charge on any atom is 0.0704 e. The van der Waals surface area contributed by atoms with Crippen molar-refractivity contribution in [3.8, 4) is 0 Å². The minimum absolute atomic E-state index is 0.0359. The lowest BCUT2D eigenvalue weighted by molar-refractivity contribution is 0.401. The van der Waals surface area contributed by atoms with Gasteiger partial charge in [-0.3, -0.25) is 0 Å². The summed E-state index contributed by atoms with van der Waals surface area (Å²) in [6.07, 6.45) is 3.57. The van der Waals surface area contributed by atoms with E-state index in [-0.39, 0.29) is 6.17 Å². The van der Waals surface area contributed by atoms with Gasteiger partial charge in [-0.25, -0.2) is 5.73 Å². The summed E-state index contributed by atoms with van der Waals surface area (Å²) in [5, 5.41) is 3.05. The highest BCUT2D eigenvalue weighted by Crippen LogP contribution is 2.02. The van der Waals surface area contributed by atoms with Gasteiger partial charge in [0.25, 0.3) is 0 Å². The highest BCUT2D eigenvalue weighted by Gasteiger charge is 2.05. The summed E-state index contributed by atoms with van der Waals surface area (Å²) in [4.78, 5) is 0. The summed E-state index contributed by atoms with van der Waals surface area (Å²) in [5.74, 6) is 0.